The molecule has 0 spiro atoms. The summed E-state index contributed by atoms with van der Waals surface area (Å²) in [6.07, 6.45) is 6.08. The number of carboxylic acids is 1. The van der Waals surface area contributed by atoms with Crippen molar-refractivity contribution >= 4 is 12.0 Å². The van der Waals surface area contributed by atoms with Gasteiger partial charge in [0.2, 0.25) is 0 Å². The molecule has 1 aliphatic rings. The van der Waals surface area contributed by atoms with Crippen molar-refractivity contribution in [2.24, 2.45) is 0 Å². The molecule has 0 atom stereocenters. The van der Waals surface area contributed by atoms with Crippen molar-refractivity contribution in [3.8, 4) is 5.75 Å². The van der Waals surface area contributed by atoms with Crippen LogP contribution in [0.2, 0.25) is 0 Å². The SMILES string of the molecule is O=C(O)C=CC=CC=CC1=Cc2cc(C(F)(F)F)ccc2OC1. The third-order valence-electron chi connectivity index (χ3n) is 2.95. The van der Waals surface area contributed by atoms with Crippen LogP contribution >= 0.6 is 0 Å². The topological polar surface area (TPSA) is 46.5 Å². The van der Waals surface area contributed by atoms with E-state index in [0.29, 0.717) is 16.9 Å². The Kier molecular flexibility index (Phi) is 5.05. The monoisotopic (exact) mass is 322 g/mol. The van der Waals surface area contributed by atoms with Gasteiger partial charge in [-0.25, -0.2) is 4.79 Å². The van der Waals surface area contributed by atoms with Gasteiger partial charge in [-0.05, 0) is 29.8 Å². The van der Waals surface area contributed by atoms with Gasteiger partial charge in [0.15, 0.2) is 0 Å². The Morgan fingerprint density at radius 1 is 1.17 bits per heavy atom. The van der Waals surface area contributed by atoms with Crippen LogP contribution in [0.4, 0.5) is 13.2 Å². The lowest BCUT2D eigenvalue weighted by molar-refractivity contribution is -0.137. The number of aliphatic carboxylic acids is 1. The fourth-order valence-corrected chi connectivity index (χ4v) is 1.91. The van der Waals surface area contributed by atoms with Crippen molar-refractivity contribution < 1.29 is 27.8 Å². The van der Waals surface area contributed by atoms with Gasteiger partial charge in [0.1, 0.15) is 12.4 Å². The molecule has 0 amide bonds. The number of alkyl halides is 3. The van der Waals surface area contributed by atoms with Gasteiger partial charge in [-0.3, -0.25) is 0 Å². The van der Waals surface area contributed by atoms with Gasteiger partial charge in [0.05, 0.1) is 5.56 Å². The number of hydrogen-bond donors (Lipinski definition) is 1. The maximum atomic E-state index is 12.7. The number of ether oxygens (including phenoxy) is 1. The molecule has 0 bridgehead atoms. The lowest BCUT2D eigenvalue weighted by Gasteiger charge is -2.17. The highest BCUT2D eigenvalue weighted by atomic mass is 19.4. The number of halogens is 3. The molecule has 3 nitrogen and oxygen atoms in total. The molecular weight excluding hydrogens is 309 g/mol. The Balaban J connectivity index is 2.12. The van der Waals surface area contributed by atoms with Crippen molar-refractivity contribution in [2.45, 2.75) is 6.18 Å². The van der Waals surface area contributed by atoms with E-state index >= 15 is 0 Å². The number of benzene rings is 1. The summed E-state index contributed by atoms with van der Waals surface area (Å²) < 4.78 is 43.5. The third-order valence-corrected chi connectivity index (χ3v) is 2.95. The average molecular weight is 322 g/mol. The van der Waals surface area contributed by atoms with Crippen LogP contribution in [0.3, 0.4) is 0 Å². The average Bonchev–Trinajstić information content (AvgIpc) is 2.48. The van der Waals surface area contributed by atoms with Gasteiger partial charge < -0.3 is 9.84 Å². The van der Waals surface area contributed by atoms with Gasteiger partial charge in [0.25, 0.3) is 0 Å². The molecule has 0 radical (unpaired) electrons. The van der Waals surface area contributed by atoms with Crippen molar-refractivity contribution in [1.29, 1.82) is 0 Å². The number of allylic oxidation sites excluding steroid dienone is 4. The molecule has 1 heterocycles. The zero-order chi connectivity index (χ0) is 16.9. The summed E-state index contributed by atoms with van der Waals surface area (Å²) >= 11 is 0. The first-order chi connectivity index (χ1) is 10.9. The molecule has 1 aliphatic heterocycles. The summed E-state index contributed by atoms with van der Waals surface area (Å²) in [6.45, 7) is 0.258. The number of rotatable bonds is 4. The van der Waals surface area contributed by atoms with Gasteiger partial charge in [-0.15, -0.1) is 0 Å². The van der Waals surface area contributed by atoms with Crippen LogP contribution in [-0.4, -0.2) is 17.7 Å². The smallest absolute Gasteiger partial charge is 0.416 e. The molecule has 6 heteroatoms. The van der Waals surface area contributed by atoms with Crippen LogP contribution < -0.4 is 4.74 Å². The minimum Gasteiger partial charge on any atom is -0.488 e. The van der Waals surface area contributed by atoms with Crippen LogP contribution in [0.1, 0.15) is 11.1 Å². The number of carbonyl (C=O) groups is 1. The van der Waals surface area contributed by atoms with E-state index in [9.17, 15) is 18.0 Å². The third kappa shape index (κ3) is 4.88. The van der Waals surface area contributed by atoms with Gasteiger partial charge in [-0.2, -0.15) is 13.2 Å². The summed E-state index contributed by atoms with van der Waals surface area (Å²) in [5.74, 6) is -0.630. The van der Waals surface area contributed by atoms with Crippen LogP contribution in [0.5, 0.6) is 5.75 Å². The van der Waals surface area contributed by atoms with Crippen molar-refractivity contribution in [3.63, 3.8) is 0 Å². The zero-order valence-electron chi connectivity index (χ0n) is 11.9. The minimum atomic E-state index is -4.39. The quantitative estimate of drug-likeness (QED) is 0.666. The van der Waals surface area contributed by atoms with E-state index in [0.717, 1.165) is 18.2 Å². The first-order valence-electron chi connectivity index (χ1n) is 6.65. The van der Waals surface area contributed by atoms with Gasteiger partial charge in [-0.1, -0.05) is 30.4 Å². The standard InChI is InChI=1S/C17H13F3O3/c18-17(19,20)14-7-8-15-13(10-14)9-12(11-23-15)5-3-1-2-4-6-16(21)22/h1-10H,11H2,(H,21,22). The Morgan fingerprint density at radius 2 is 1.91 bits per heavy atom. The highest BCUT2D eigenvalue weighted by Crippen LogP contribution is 2.35. The highest BCUT2D eigenvalue weighted by molar-refractivity contribution is 5.80. The van der Waals surface area contributed by atoms with Gasteiger partial charge >= 0.3 is 12.1 Å². The normalized spacial score (nSPS) is 15.0. The van der Waals surface area contributed by atoms with Crippen LogP contribution in [0.15, 0.2) is 60.2 Å². The number of hydrogen-bond acceptors (Lipinski definition) is 2. The summed E-state index contributed by atoms with van der Waals surface area (Å²) in [5.41, 5.74) is 0.365. The van der Waals surface area contributed by atoms with Gasteiger partial charge in [0, 0.05) is 11.6 Å². The molecule has 0 fully saturated rings. The van der Waals surface area contributed by atoms with Crippen molar-refractivity contribution in [1.82, 2.24) is 0 Å². The van der Waals surface area contributed by atoms with Crippen molar-refractivity contribution in [3.05, 3.63) is 71.4 Å². The molecule has 0 saturated carbocycles. The maximum Gasteiger partial charge on any atom is 0.416 e. The van der Waals surface area contributed by atoms with E-state index in [-0.39, 0.29) is 6.61 Å². The molecular formula is C17H13F3O3. The summed E-state index contributed by atoms with van der Waals surface area (Å²) in [6, 6.07) is 3.35. The molecule has 2 rings (SSSR count). The molecule has 1 aromatic rings. The molecule has 23 heavy (non-hydrogen) atoms. The molecule has 0 aromatic heterocycles. The lowest BCUT2D eigenvalue weighted by atomic mass is 10.0. The minimum absolute atomic E-state index is 0.258. The fourth-order valence-electron chi connectivity index (χ4n) is 1.91. The highest BCUT2D eigenvalue weighted by Gasteiger charge is 2.31. The second-order valence-electron chi connectivity index (χ2n) is 4.70. The first-order valence-corrected chi connectivity index (χ1v) is 6.65. The van der Waals surface area contributed by atoms with Crippen LogP contribution in [0, 0.1) is 0 Å². The predicted octanol–water partition coefficient (Wildman–Crippen LogP) is 4.23. The number of carboxylic acid groups (broad SMARTS) is 1. The molecule has 0 unspecified atom stereocenters. The largest absolute Gasteiger partial charge is 0.488 e. The summed E-state index contributed by atoms with van der Waals surface area (Å²) in [7, 11) is 0. The predicted molar refractivity (Wildman–Crippen MR) is 80.0 cm³/mol. The number of fused-ring (bicyclic) bond motifs is 1. The molecule has 120 valence electrons. The second kappa shape index (κ2) is 7.00. The molecule has 1 N–H and O–H groups in total. The maximum absolute atomic E-state index is 12.7. The summed E-state index contributed by atoms with van der Waals surface area (Å²) in [5, 5.41) is 8.40. The van der Waals surface area contributed by atoms with E-state index in [4.69, 9.17) is 9.84 Å². The van der Waals surface area contributed by atoms with Crippen LogP contribution in [0.25, 0.3) is 6.08 Å². The second-order valence-corrected chi connectivity index (χ2v) is 4.70. The Labute approximate surface area is 130 Å². The van der Waals surface area contributed by atoms with Crippen LogP contribution in [-0.2, 0) is 11.0 Å². The Morgan fingerprint density at radius 3 is 2.61 bits per heavy atom. The van der Waals surface area contributed by atoms with E-state index in [1.165, 1.54) is 18.2 Å². The Bertz CT molecular complexity index is 710. The fraction of sp³-hybridized carbons (Fsp3) is 0.118. The van der Waals surface area contributed by atoms with E-state index in [1.807, 2.05) is 0 Å². The summed E-state index contributed by atoms with van der Waals surface area (Å²) in [4.78, 5) is 10.2. The Hall–Kier alpha value is -2.76. The van der Waals surface area contributed by atoms with Crippen molar-refractivity contribution in [2.75, 3.05) is 6.61 Å². The van der Waals surface area contributed by atoms with E-state index in [2.05, 4.69) is 0 Å². The van der Waals surface area contributed by atoms with E-state index in [1.54, 1.807) is 24.3 Å². The zero-order valence-corrected chi connectivity index (χ0v) is 11.9. The molecule has 0 aliphatic carbocycles. The first kappa shape index (κ1) is 16.6. The lowest BCUT2D eigenvalue weighted by Crippen LogP contribution is -2.09. The molecule has 0 saturated heterocycles. The molecule has 1 aromatic carbocycles. The van der Waals surface area contributed by atoms with E-state index < -0.39 is 17.7 Å².